The number of carbonyl (C=O) groups excluding carboxylic acids is 1. The molecule has 1 saturated heterocycles. The summed E-state index contributed by atoms with van der Waals surface area (Å²) in [6.45, 7) is 5.92. The third kappa shape index (κ3) is 2.58. The van der Waals surface area contributed by atoms with Crippen LogP contribution in [-0.2, 0) is 14.8 Å². The molecule has 25 heavy (non-hydrogen) atoms. The number of benzene rings is 2. The summed E-state index contributed by atoms with van der Waals surface area (Å²) in [5, 5.41) is 1.60. The topological polar surface area (TPSA) is 60.9 Å². The van der Waals surface area contributed by atoms with E-state index in [-0.39, 0.29) is 12.5 Å². The number of hydrogen-bond acceptors (Lipinski definition) is 4. The van der Waals surface area contributed by atoms with E-state index in [2.05, 4.69) is 11.8 Å². The van der Waals surface area contributed by atoms with E-state index in [0.29, 0.717) is 29.1 Å². The molecule has 2 aromatic rings. The number of piperazine rings is 1. The van der Waals surface area contributed by atoms with E-state index in [1.807, 2.05) is 18.2 Å². The summed E-state index contributed by atoms with van der Waals surface area (Å²) in [4.78, 5) is 17.1. The highest BCUT2D eigenvalue weighted by Gasteiger charge is 2.37. The molecule has 2 aromatic carbocycles. The average Bonchev–Trinajstić information content (AvgIpc) is 2.85. The first kappa shape index (κ1) is 16.4. The van der Waals surface area contributed by atoms with E-state index >= 15 is 0 Å². The van der Waals surface area contributed by atoms with Crippen LogP contribution in [0, 0.1) is 0 Å². The molecule has 0 saturated carbocycles. The molecule has 0 radical (unpaired) electrons. The summed E-state index contributed by atoms with van der Waals surface area (Å²) >= 11 is 0. The molecule has 0 N–H and O–H groups in total. The number of amides is 1. The number of hydrogen-bond donors (Lipinski definition) is 0. The molecule has 132 valence electrons. The molecule has 0 bridgehead atoms. The fraction of sp³-hybridized carbons (Fsp3) is 0.389. The maximum atomic E-state index is 12.9. The number of nitrogens with zero attached hydrogens (tertiary/aromatic N) is 3. The van der Waals surface area contributed by atoms with Gasteiger partial charge in [0.25, 0.3) is 10.0 Å². The van der Waals surface area contributed by atoms with Crippen molar-refractivity contribution in [3.05, 3.63) is 36.4 Å². The van der Waals surface area contributed by atoms with E-state index in [9.17, 15) is 13.2 Å². The third-order valence-electron chi connectivity index (χ3n) is 5.13. The van der Waals surface area contributed by atoms with E-state index in [4.69, 9.17) is 0 Å². The fourth-order valence-corrected chi connectivity index (χ4v) is 5.32. The van der Waals surface area contributed by atoms with E-state index in [1.165, 1.54) is 4.31 Å². The molecule has 1 amide bonds. The molecular weight excluding hydrogens is 338 g/mol. The Balaban J connectivity index is 1.62. The Morgan fingerprint density at radius 2 is 1.72 bits per heavy atom. The van der Waals surface area contributed by atoms with Gasteiger partial charge in [0.05, 0.1) is 10.6 Å². The molecule has 1 fully saturated rings. The average molecular weight is 359 g/mol. The number of likely N-dealkylation sites (N-methyl/N-ethyl adjacent to an activating group) is 1. The molecule has 0 spiro atoms. The van der Waals surface area contributed by atoms with E-state index in [1.54, 1.807) is 23.1 Å². The first-order chi connectivity index (χ1) is 12.0. The van der Waals surface area contributed by atoms with Gasteiger partial charge in [-0.1, -0.05) is 31.2 Å². The zero-order chi connectivity index (χ0) is 17.6. The van der Waals surface area contributed by atoms with Crippen LogP contribution in [0.3, 0.4) is 0 Å². The molecule has 2 aliphatic rings. The lowest BCUT2D eigenvalue weighted by atomic mass is 10.1. The van der Waals surface area contributed by atoms with Gasteiger partial charge in [0.2, 0.25) is 5.91 Å². The number of rotatable bonds is 3. The summed E-state index contributed by atoms with van der Waals surface area (Å²) in [5.74, 6) is -0.135. The van der Waals surface area contributed by atoms with Crippen LogP contribution < -0.4 is 4.31 Å². The van der Waals surface area contributed by atoms with Crippen molar-refractivity contribution >= 4 is 32.4 Å². The van der Waals surface area contributed by atoms with Gasteiger partial charge in [0.1, 0.15) is 6.54 Å². The maximum absolute atomic E-state index is 12.9. The summed E-state index contributed by atoms with van der Waals surface area (Å²) in [7, 11) is -3.67. The van der Waals surface area contributed by atoms with Crippen molar-refractivity contribution in [2.24, 2.45) is 0 Å². The molecule has 0 aliphatic carbocycles. The number of carbonyl (C=O) groups is 1. The van der Waals surface area contributed by atoms with Gasteiger partial charge in [-0.05, 0) is 24.1 Å². The molecule has 7 heteroatoms. The van der Waals surface area contributed by atoms with E-state index < -0.39 is 10.0 Å². The molecule has 2 heterocycles. The largest absolute Gasteiger partial charge is 0.339 e. The lowest BCUT2D eigenvalue weighted by Gasteiger charge is -2.34. The molecular formula is C18H21N3O3S. The van der Waals surface area contributed by atoms with Gasteiger partial charge >= 0.3 is 0 Å². The molecule has 0 aromatic heterocycles. The van der Waals surface area contributed by atoms with Crippen LogP contribution in [0.15, 0.2) is 41.3 Å². The van der Waals surface area contributed by atoms with Gasteiger partial charge in [0, 0.05) is 31.6 Å². The minimum Gasteiger partial charge on any atom is -0.339 e. The highest BCUT2D eigenvalue weighted by Crippen LogP contribution is 2.41. The van der Waals surface area contributed by atoms with E-state index in [0.717, 1.165) is 25.0 Å². The zero-order valence-electron chi connectivity index (χ0n) is 14.2. The molecule has 4 rings (SSSR count). The van der Waals surface area contributed by atoms with Crippen LogP contribution in [0.2, 0.25) is 0 Å². The van der Waals surface area contributed by atoms with Gasteiger partial charge in [-0.15, -0.1) is 0 Å². The quantitative estimate of drug-likeness (QED) is 0.834. The van der Waals surface area contributed by atoms with Crippen molar-refractivity contribution in [2.75, 3.05) is 43.6 Å². The molecule has 2 aliphatic heterocycles. The van der Waals surface area contributed by atoms with Crippen molar-refractivity contribution in [3.63, 3.8) is 0 Å². The van der Waals surface area contributed by atoms with Crippen LogP contribution in [0.4, 0.5) is 5.69 Å². The minimum atomic E-state index is -3.67. The number of sulfonamides is 1. The van der Waals surface area contributed by atoms with Crippen molar-refractivity contribution < 1.29 is 13.2 Å². The standard InChI is InChI=1S/C18H21N3O3S/c1-2-19-9-11-20(12-10-19)17(22)13-21-15-7-3-5-14-6-4-8-16(18(14)15)25(21,23)24/h3-8H,2,9-13H2,1H3. The van der Waals surface area contributed by atoms with Gasteiger partial charge < -0.3 is 9.80 Å². The number of anilines is 1. The van der Waals surface area contributed by atoms with Crippen molar-refractivity contribution in [2.45, 2.75) is 11.8 Å². The second-order valence-electron chi connectivity index (χ2n) is 6.46. The normalized spacial score (nSPS) is 19.6. The Kier molecular flexibility index (Phi) is 3.92. The lowest BCUT2D eigenvalue weighted by molar-refractivity contribution is -0.131. The van der Waals surface area contributed by atoms with Crippen LogP contribution >= 0.6 is 0 Å². The van der Waals surface area contributed by atoms with Crippen LogP contribution in [-0.4, -0.2) is 63.4 Å². The zero-order valence-corrected chi connectivity index (χ0v) is 15.0. The Hall–Kier alpha value is -2.12. The van der Waals surface area contributed by atoms with Crippen LogP contribution in [0.5, 0.6) is 0 Å². The first-order valence-corrected chi connectivity index (χ1v) is 10.0. The Morgan fingerprint density at radius 1 is 1.04 bits per heavy atom. The van der Waals surface area contributed by atoms with Gasteiger partial charge in [0.15, 0.2) is 0 Å². The second-order valence-corrected chi connectivity index (χ2v) is 8.29. The first-order valence-electron chi connectivity index (χ1n) is 8.57. The van der Waals surface area contributed by atoms with Crippen molar-refractivity contribution in [1.29, 1.82) is 0 Å². The third-order valence-corrected chi connectivity index (χ3v) is 6.93. The summed E-state index contributed by atoms with van der Waals surface area (Å²) in [6.07, 6.45) is 0. The summed E-state index contributed by atoms with van der Waals surface area (Å²) < 4.78 is 27.1. The predicted octanol–water partition coefficient (Wildman–Crippen LogP) is 1.51. The Labute approximate surface area is 147 Å². The smallest absolute Gasteiger partial charge is 0.265 e. The monoisotopic (exact) mass is 359 g/mol. The Morgan fingerprint density at radius 3 is 2.40 bits per heavy atom. The van der Waals surface area contributed by atoms with Crippen molar-refractivity contribution in [1.82, 2.24) is 9.80 Å². The van der Waals surface area contributed by atoms with Gasteiger partial charge in [-0.25, -0.2) is 8.42 Å². The fourth-order valence-electron chi connectivity index (χ4n) is 3.66. The van der Waals surface area contributed by atoms with Gasteiger partial charge in [-0.2, -0.15) is 0 Å². The molecule has 0 unspecified atom stereocenters. The predicted molar refractivity (Wildman–Crippen MR) is 97.2 cm³/mol. The van der Waals surface area contributed by atoms with Crippen LogP contribution in [0.1, 0.15) is 6.92 Å². The van der Waals surface area contributed by atoms with Gasteiger partial charge in [-0.3, -0.25) is 9.10 Å². The highest BCUT2D eigenvalue weighted by molar-refractivity contribution is 7.93. The summed E-state index contributed by atoms with van der Waals surface area (Å²) in [5.41, 5.74) is 0.605. The minimum absolute atomic E-state index is 0.135. The lowest BCUT2D eigenvalue weighted by Crippen LogP contribution is -2.51. The molecule has 6 nitrogen and oxygen atoms in total. The van der Waals surface area contributed by atoms with Crippen molar-refractivity contribution in [3.8, 4) is 0 Å². The SMILES string of the molecule is CCN1CCN(C(=O)CN2c3cccc4cccc(c34)S2(=O)=O)CC1. The Bertz CT molecular complexity index is 928. The summed E-state index contributed by atoms with van der Waals surface area (Å²) in [6, 6.07) is 10.8. The van der Waals surface area contributed by atoms with Crippen LogP contribution in [0.25, 0.3) is 10.8 Å². The second kappa shape index (κ2) is 6.00. The maximum Gasteiger partial charge on any atom is 0.265 e. The molecule has 0 atom stereocenters. The highest BCUT2D eigenvalue weighted by atomic mass is 32.2.